The SMILES string of the molecule is Cc1ccccc1C(=O)Nc1ccc(C(=O)N2c3ccccc3CCCC2OCC(=O)N2CCSCC2)cc1. The number of nitrogens with one attached hydrogen (secondary N) is 1. The number of ether oxygens (including phenoxy) is 1. The molecule has 1 atom stereocenters. The molecule has 0 aliphatic carbocycles. The average molecular weight is 544 g/mol. The maximum absolute atomic E-state index is 13.9. The average Bonchev–Trinajstić information content (AvgIpc) is 3.16. The Labute approximate surface area is 233 Å². The van der Waals surface area contributed by atoms with Crippen LogP contribution in [0.4, 0.5) is 11.4 Å². The van der Waals surface area contributed by atoms with Crippen molar-refractivity contribution in [2.45, 2.75) is 32.4 Å². The number of fused-ring (bicyclic) bond motifs is 1. The van der Waals surface area contributed by atoms with Crippen LogP contribution in [0, 0.1) is 6.92 Å². The summed E-state index contributed by atoms with van der Waals surface area (Å²) in [6, 6.07) is 22.2. The van der Waals surface area contributed by atoms with E-state index in [9.17, 15) is 14.4 Å². The molecule has 2 aliphatic heterocycles. The van der Waals surface area contributed by atoms with E-state index in [4.69, 9.17) is 4.74 Å². The molecule has 1 fully saturated rings. The number of carbonyl (C=O) groups excluding carboxylic acids is 3. The molecule has 1 saturated heterocycles. The van der Waals surface area contributed by atoms with Crippen molar-refractivity contribution in [3.05, 3.63) is 95.1 Å². The zero-order valence-electron chi connectivity index (χ0n) is 22.1. The fourth-order valence-corrected chi connectivity index (χ4v) is 5.94. The molecule has 2 aliphatic rings. The molecule has 0 aromatic heterocycles. The zero-order valence-corrected chi connectivity index (χ0v) is 22.9. The van der Waals surface area contributed by atoms with Gasteiger partial charge in [-0.25, -0.2) is 0 Å². The van der Waals surface area contributed by atoms with Crippen LogP contribution in [0.25, 0.3) is 0 Å². The van der Waals surface area contributed by atoms with Crippen molar-refractivity contribution in [1.29, 1.82) is 0 Å². The van der Waals surface area contributed by atoms with Gasteiger partial charge < -0.3 is 15.0 Å². The number of hydrogen-bond acceptors (Lipinski definition) is 5. The Morgan fingerprint density at radius 2 is 1.67 bits per heavy atom. The number of aryl methyl sites for hydroxylation is 2. The molecule has 202 valence electrons. The predicted molar refractivity (Wildman–Crippen MR) is 155 cm³/mol. The number of anilines is 2. The minimum Gasteiger partial charge on any atom is -0.348 e. The van der Waals surface area contributed by atoms with Crippen LogP contribution in [0.15, 0.2) is 72.8 Å². The summed E-state index contributed by atoms with van der Waals surface area (Å²) >= 11 is 1.85. The minimum atomic E-state index is -0.551. The second-order valence-corrected chi connectivity index (χ2v) is 11.0. The number of thioether (sulfide) groups is 1. The van der Waals surface area contributed by atoms with E-state index >= 15 is 0 Å². The van der Waals surface area contributed by atoms with Crippen molar-refractivity contribution in [2.24, 2.45) is 0 Å². The van der Waals surface area contributed by atoms with Gasteiger partial charge in [-0.05, 0) is 73.7 Å². The van der Waals surface area contributed by atoms with Gasteiger partial charge in [-0.3, -0.25) is 19.3 Å². The highest BCUT2D eigenvalue weighted by Crippen LogP contribution is 2.32. The molecular formula is C31H33N3O4S. The number of carbonyl (C=O) groups is 3. The fraction of sp³-hybridized carbons (Fsp3) is 0.323. The summed E-state index contributed by atoms with van der Waals surface area (Å²) < 4.78 is 6.18. The molecule has 3 aromatic rings. The highest BCUT2D eigenvalue weighted by Gasteiger charge is 2.32. The normalized spacial score (nSPS) is 17.2. The topological polar surface area (TPSA) is 79.0 Å². The van der Waals surface area contributed by atoms with Gasteiger partial charge in [-0.15, -0.1) is 0 Å². The van der Waals surface area contributed by atoms with Crippen LogP contribution in [0.3, 0.4) is 0 Å². The number of hydrogen-bond donors (Lipinski definition) is 1. The summed E-state index contributed by atoms with van der Waals surface area (Å²) in [4.78, 5) is 43.0. The van der Waals surface area contributed by atoms with E-state index in [0.717, 1.165) is 54.3 Å². The molecule has 39 heavy (non-hydrogen) atoms. The number of nitrogens with zero attached hydrogens (tertiary/aromatic N) is 2. The first-order chi connectivity index (χ1) is 19.0. The third-order valence-corrected chi connectivity index (χ3v) is 8.14. The molecule has 0 saturated carbocycles. The van der Waals surface area contributed by atoms with Gasteiger partial charge in [0.2, 0.25) is 5.91 Å². The van der Waals surface area contributed by atoms with E-state index in [1.54, 1.807) is 35.2 Å². The van der Waals surface area contributed by atoms with Gasteiger partial charge in [0, 0.05) is 47.1 Å². The summed E-state index contributed by atoms with van der Waals surface area (Å²) in [5.41, 5.74) is 4.48. The van der Waals surface area contributed by atoms with Crippen molar-refractivity contribution < 1.29 is 19.1 Å². The Morgan fingerprint density at radius 1 is 0.949 bits per heavy atom. The summed E-state index contributed by atoms with van der Waals surface area (Å²) in [6.07, 6.45) is 1.77. The highest BCUT2D eigenvalue weighted by molar-refractivity contribution is 7.99. The lowest BCUT2D eigenvalue weighted by atomic mass is 10.1. The summed E-state index contributed by atoms with van der Waals surface area (Å²) in [5, 5.41) is 2.91. The van der Waals surface area contributed by atoms with Crippen molar-refractivity contribution in [3.8, 4) is 0 Å². The van der Waals surface area contributed by atoms with Gasteiger partial charge >= 0.3 is 0 Å². The number of benzene rings is 3. The summed E-state index contributed by atoms with van der Waals surface area (Å²) in [5.74, 6) is 1.45. The van der Waals surface area contributed by atoms with E-state index < -0.39 is 6.23 Å². The molecule has 8 heteroatoms. The Kier molecular flexibility index (Phi) is 8.64. The quantitative estimate of drug-likeness (QED) is 0.465. The Hall–Kier alpha value is -3.62. The van der Waals surface area contributed by atoms with Crippen LogP contribution >= 0.6 is 11.8 Å². The molecule has 7 nitrogen and oxygen atoms in total. The fourth-order valence-electron chi connectivity index (χ4n) is 5.04. The van der Waals surface area contributed by atoms with Crippen LogP contribution in [0.2, 0.25) is 0 Å². The highest BCUT2D eigenvalue weighted by atomic mass is 32.2. The lowest BCUT2D eigenvalue weighted by Gasteiger charge is -2.32. The maximum Gasteiger partial charge on any atom is 0.260 e. The minimum absolute atomic E-state index is 0.0334. The molecule has 1 unspecified atom stereocenters. The third-order valence-electron chi connectivity index (χ3n) is 7.20. The second-order valence-electron chi connectivity index (χ2n) is 9.80. The number of para-hydroxylation sites is 1. The van der Waals surface area contributed by atoms with Crippen molar-refractivity contribution in [2.75, 3.05) is 41.4 Å². The molecule has 0 radical (unpaired) electrons. The second kappa shape index (κ2) is 12.5. The van der Waals surface area contributed by atoms with Crippen molar-refractivity contribution in [1.82, 2.24) is 4.90 Å². The Balaban J connectivity index is 1.34. The van der Waals surface area contributed by atoms with E-state index in [1.165, 1.54) is 0 Å². The number of amides is 3. The van der Waals surface area contributed by atoms with E-state index in [1.807, 2.05) is 66.1 Å². The lowest BCUT2D eigenvalue weighted by Crippen LogP contribution is -2.45. The molecule has 5 rings (SSSR count). The molecule has 1 N–H and O–H groups in total. The van der Waals surface area contributed by atoms with Gasteiger partial charge in [0.25, 0.3) is 11.8 Å². The molecule has 3 amide bonds. The summed E-state index contributed by atoms with van der Waals surface area (Å²) in [7, 11) is 0. The largest absolute Gasteiger partial charge is 0.348 e. The molecule has 0 bridgehead atoms. The van der Waals surface area contributed by atoms with E-state index in [0.29, 0.717) is 23.2 Å². The molecule has 3 aromatic carbocycles. The standard InChI is InChI=1S/C31H33N3O4S/c1-22-7-2-4-10-26(22)30(36)32-25-15-13-24(14-16-25)31(37)34-27-11-5-3-8-23(27)9-6-12-29(34)38-21-28(35)33-17-19-39-20-18-33/h2-5,7-8,10-11,13-16,29H,6,9,12,17-21H2,1H3,(H,32,36). The van der Waals surface area contributed by atoms with Gasteiger partial charge in [0.05, 0.1) is 0 Å². The lowest BCUT2D eigenvalue weighted by molar-refractivity contribution is -0.137. The van der Waals surface area contributed by atoms with Crippen LogP contribution in [0.5, 0.6) is 0 Å². The Morgan fingerprint density at radius 3 is 2.44 bits per heavy atom. The first kappa shape index (κ1) is 27.0. The first-order valence-electron chi connectivity index (χ1n) is 13.4. The van der Waals surface area contributed by atoms with E-state index in [-0.39, 0.29) is 24.3 Å². The predicted octanol–water partition coefficient (Wildman–Crippen LogP) is 5.15. The monoisotopic (exact) mass is 543 g/mol. The van der Waals surface area contributed by atoms with Crippen molar-refractivity contribution in [3.63, 3.8) is 0 Å². The van der Waals surface area contributed by atoms with E-state index in [2.05, 4.69) is 5.32 Å². The number of rotatable bonds is 6. The van der Waals surface area contributed by atoms with Gasteiger partial charge in [0.1, 0.15) is 12.8 Å². The van der Waals surface area contributed by atoms with Crippen LogP contribution in [0.1, 0.15) is 44.7 Å². The maximum atomic E-state index is 13.9. The van der Waals surface area contributed by atoms with Crippen LogP contribution < -0.4 is 10.2 Å². The van der Waals surface area contributed by atoms with Gasteiger partial charge in [-0.1, -0.05) is 36.4 Å². The van der Waals surface area contributed by atoms with Crippen molar-refractivity contribution >= 4 is 40.9 Å². The van der Waals surface area contributed by atoms with Gasteiger partial charge in [0.15, 0.2) is 0 Å². The summed E-state index contributed by atoms with van der Waals surface area (Å²) in [6.45, 7) is 3.31. The third kappa shape index (κ3) is 6.34. The zero-order chi connectivity index (χ0) is 27.2. The van der Waals surface area contributed by atoms with Gasteiger partial charge in [-0.2, -0.15) is 11.8 Å². The van der Waals surface area contributed by atoms with Crippen LogP contribution in [-0.2, 0) is 16.0 Å². The molecule has 0 spiro atoms. The Bertz CT molecular complexity index is 1340. The molecular weight excluding hydrogens is 510 g/mol. The smallest absolute Gasteiger partial charge is 0.260 e. The first-order valence-corrected chi connectivity index (χ1v) is 14.5. The van der Waals surface area contributed by atoms with Crippen LogP contribution in [-0.4, -0.2) is 60.1 Å². The molecule has 2 heterocycles.